The van der Waals surface area contributed by atoms with E-state index in [1.807, 2.05) is 0 Å². The number of carbonyl (C=O) groups is 1. The van der Waals surface area contributed by atoms with Crippen molar-refractivity contribution in [3.05, 3.63) is 0 Å². The van der Waals surface area contributed by atoms with Crippen LogP contribution in [0.5, 0.6) is 0 Å². The molecule has 1 saturated heterocycles. The van der Waals surface area contributed by atoms with Gasteiger partial charge in [0.2, 0.25) is 5.91 Å². The fourth-order valence-electron chi connectivity index (χ4n) is 3.21. The van der Waals surface area contributed by atoms with Gasteiger partial charge in [-0.15, -0.1) is 0 Å². The summed E-state index contributed by atoms with van der Waals surface area (Å²) in [5.74, 6) is 1.04. The Morgan fingerprint density at radius 1 is 1.33 bits per heavy atom. The lowest BCUT2D eigenvalue weighted by Crippen LogP contribution is -2.41. The topological polar surface area (TPSA) is 41.1 Å². The van der Waals surface area contributed by atoms with Gasteiger partial charge in [-0.1, -0.05) is 13.3 Å². The van der Waals surface area contributed by atoms with Crippen LogP contribution in [0, 0.1) is 11.3 Å². The van der Waals surface area contributed by atoms with E-state index in [0.29, 0.717) is 5.41 Å². The van der Waals surface area contributed by atoms with Gasteiger partial charge in [0.1, 0.15) is 0 Å². The Balaban J connectivity index is 1.59. The van der Waals surface area contributed by atoms with E-state index in [9.17, 15) is 4.79 Å². The second kappa shape index (κ2) is 6.55. The molecule has 1 aliphatic carbocycles. The number of amides is 1. The van der Waals surface area contributed by atoms with Crippen LogP contribution in [-0.4, -0.2) is 25.5 Å². The molecule has 0 unspecified atom stereocenters. The van der Waals surface area contributed by atoms with Crippen LogP contribution in [0.25, 0.3) is 0 Å². The van der Waals surface area contributed by atoms with E-state index in [1.54, 1.807) is 0 Å². The quantitative estimate of drug-likeness (QED) is 0.762. The number of piperidine rings is 1. The molecule has 18 heavy (non-hydrogen) atoms. The molecule has 1 heterocycles. The van der Waals surface area contributed by atoms with Crippen LogP contribution in [0.1, 0.15) is 58.3 Å². The van der Waals surface area contributed by atoms with Crippen molar-refractivity contribution in [3.63, 3.8) is 0 Å². The minimum atomic E-state index is 0.272. The van der Waals surface area contributed by atoms with Gasteiger partial charge in [0.15, 0.2) is 0 Å². The van der Waals surface area contributed by atoms with Crippen molar-refractivity contribution in [3.8, 4) is 0 Å². The van der Waals surface area contributed by atoms with Gasteiger partial charge in [-0.25, -0.2) is 0 Å². The highest BCUT2D eigenvalue weighted by molar-refractivity contribution is 5.75. The maximum Gasteiger partial charge on any atom is 0.220 e. The fourth-order valence-corrected chi connectivity index (χ4v) is 3.21. The van der Waals surface area contributed by atoms with Crippen LogP contribution >= 0.6 is 0 Å². The van der Waals surface area contributed by atoms with Crippen molar-refractivity contribution >= 4 is 5.91 Å². The lowest BCUT2D eigenvalue weighted by molar-refractivity contribution is -0.122. The lowest BCUT2D eigenvalue weighted by atomic mass is 9.67. The van der Waals surface area contributed by atoms with Gasteiger partial charge in [0, 0.05) is 13.0 Å². The van der Waals surface area contributed by atoms with Crippen LogP contribution in [-0.2, 0) is 4.79 Å². The zero-order chi connectivity index (χ0) is 12.8. The summed E-state index contributed by atoms with van der Waals surface area (Å²) in [6.07, 6.45) is 9.45. The van der Waals surface area contributed by atoms with Crippen molar-refractivity contribution in [1.82, 2.24) is 10.6 Å². The van der Waals surface area contributed by atoms with Crippen molar-refractivity contribution < 1.29 is 4.79 Å². The second-order valence-electron chi connectivity index (χ2n) is 6.22. The molecule has 3 nitrogen and oxygen atoms in total. The Morgan fingerprint density at radius 3 is 2.61 bits per heavy atom. The van der Waals surface area contributed by atoms with Crippen LogP contribution in [0.4, 0.5) is 0 Å². The van der Waals surface area contributed by atoms with Crippen LogP contribution in [0.3, 0.4) is 0 Å². The number of hydrogen-bond acceptors (Lipinski definition) is 2. The summed E-state index contributed by atoms with van der Waals surface area (Å²) >= 11 is 0. The average molecular weight is 252 g/mol. The fraction of sp³-hybridized carbons (Fsp3) is 0.933. The number of nitrogens with one attached hydrogen (secondary N) is 2. The summed E-state index contributed by atoms with van der Waals surface area (Å²) in [5, 5.41) is 6.53. The van der Waals surface area contributed by atoms with Gasteiger partial charge in [0.05, 0.1) is 0 Å². The third kappa shape index (κ3) is 3.71. The summed E-state index contributed by atoms with van der Waals surface area (Å²) in [6, 6.07) is 0. The Labute approximate surface area is 111 Å². The summed E-state index contributed by atoms with van der Waals surface area (Å²) in [4.78, 5) is 11.9. The Morgan fingerprint density at radius 2 is 2.06 bits per heavy atom. The highest BCUT2D eigenvalue weighted by Crippen LogP contribution is 2.43. The summed E-state index contributed by atoms with van der Waals surface area (Å²) in [6.45, 7) is 5.42. The molecule has 0 radical (unpaired) electrons. The standard InChI is InChI=1S/C15H28N2O/c1-2-15(8-3-9-15)12-17-14(18)5-4-13-6-10-16-11-7-13/h13,16H,2-12H2,1H3,(H,17,18). The van der Waals surface area contributed by atoms with E-state index in [2.05, 4.69) is 17.6 Å². The third-order valence-corrected chi connectivity index (χ3v) is 5.06. The Bertz CT molecular complexity index is 262. The molecular weight excluding hydrogens is 224 g/mol. The number of carbonyl (C=O) groups excluding carboxylic acids is 1. The van der Waals surface area contributed by atoms with Crippen LogP contribution in [0.2, 0.25) is 0 Å². The van der Waals surface area contributed by atoms with Gasteiger partial charge < -0.3 is 10.6 Å². The van der Waals surface area contributed by atoms with E-state index >= 15 is 0 Å². The van der Waals surface area contributed by atoms with Gasteiger partial charge in [-0.2, -0.15) is 0 Å². The van der Waals surface area contributed by atoms with Crippen LogP contribution < -0.4 is 10.6 Å². The molecule has 0 atom stereocenters. The maximum atomic E-state index is 11.9. The van der Waals surface area contributed by atoms with Crippen molar-refractivity contribution in [1.29, 1.82) is 0 Å². The maximum absolute atomic E-state index is 11.9. The van der Waals surface area contributed by atoms with Gasteiger partial charge in [-0.05, 0) is 62.9 Å². The molecule has 0 bridgehead atoms. The first-order valence-corrected chi connectivity index (χ1v) is 7.71. The molecule has 0 aromatic rings. The van der Waals surface area contributed by atoms with E-state index in [0.717, 1.165) is 38.4 Å². The second-order valence-corrected chi connectivity index (χ2v) is 6.22. The average Bonchev–Trinajstić information content (AvgIpc) is 2.37. The van der Waals surface area contributed by atoms with E-state index in [1.165, 1.54) is 38.5 Å². The van der Waals surface area contributed by atoms with Crippen LogP contribution in [0.15, 0.2) is 0 Å². The molecule has 1 aliphatic heterocycles. The zero-order valence-electron chi connectivity index (χ0n) is 11.8. The first kappa shape index (κ1) is 13.9. The SMILES string of the molecule is CCC1(CNC(=O)CCC2CCNCC2)CCC1. The number of rotatable bonds is 6. The summed E-state index contributed by atoms with van der Waals surface area (Å²) < 4.78 is 0. The molecule has 0 aromatic carbocycles. The first-order valence-electron chi connectivity index (χ1n) is 7.71. The molecule has 1 saturated carbocycles. The Hall–Kier alpha value is -0.570. The third-order valence-electron chi connectivity index (χ3n) is 5.06. The largest absolute Gasteiger partial charge is 0.356 e. The van der Waals surface area contributed by atoms with Gasteiger partial charge >= 0.3 is 0 Å². The molecular formula is C15H28N2O. The van der Waals surface area contributed by atoms with Crippen molar-refractivity contribution in [2.75, 3.05) is 19.6 Å². The van der Waals surface area contributed by atoms with Gasteiger partial charge in [0.25, 0.3) is 0 Å². The van der Waals surface area contributed by atoms with Crippen molar-refractivity contribution in [2.45, 2.75) is 58.3 Å². The highest BCUT2D eigenvalue weighted by Gasteiger charge is 2.35. The predicted molar refractivity (Wildman–Crippen MR) is 74.4 cm³/mol. The molecule has 1 amide bonds. The lowest BCUT2D eigenvalue weighted by Gasteiger charge is -2.41. The van der Waals surface area contributed by atoms with Gasteiger partial charge in [-0.3, -0.25) is 4.79 Å². The zero-order valence-corrected chi connectivity index (χ0v) is 11.8. The smallest absolute Gasteiger partial charge is 0.220 e. The Kier molecular flexibility index (Phi) is 5.04. The molecule has 2 rings (SSSR count). The summed E-state index contributed by atoms with van der Waals surface area (Å²) in [7, 11) is 0. The molecule has 3 heteroatoms. The van der Waals surface area contributed by atoms with E-state index < -0.39 is 0 Å². The minimum Gasteiger partial charge on any atom is -0.356 e. The summed E-state index contributed by atoms with van der Waals surface area (Å²) in [5.41, 5.74) is 0.449. The molecule has 2 N–H and O–H groups in total. The van der Waals surface area contributed by atoms with E-state index in [-0.39, 0.29) is 5.91 Å². The molecule has 2 aliphatic rings. The monoisotopic (exact) mass is 252 g/mol. The highest BCUT2D eigenvalue weighted by atomic mass is 16.1. The predicted octanol–water partition coefficient (Wildman–Crippen LogP) is 2.46. The van der Waals surface area contributed by atoms with Crippen molar-refractivity contribution in [2.24, 2.45) is 11.3 Å². The normalized spacial score (nSPS) is 23.4. The molecule has 0 spiro atoms. The van der Waals surface area contributed by atoms with E-state index in [4.69, 9.17) is 0 Å². The minimum absolute atomic E-state index is 0.272. The first-order chi connectivity index (χ1) is 8.74. The number of hydrogen-bond donors (Lipinski definition) is 2. The molecule has 104 valence electrons. The molecule has 2 fully saturated rings. The molecule has 0 aromatic heterocycles.